The Hall–Kier alpha value is -2.34. The number of aromatic nitrogens is 3. The van der Waals surface area contributed by atoms with E-state index in [0.717, 1.165) is 16.7 Å². The molecule has 1 N–H and O–H groups in total. The van der Waals surface area contributed by atoms with Crippen molar-refractivity contribution in [2.24, 2.45) is 7.05 Å². The number of anilines is 1. The Kier molecular flexibility index (Phi) is 3.62. The van der Waals surface area contributed by atoms with E-state index in [0.29, 0.717) is 12.6 Å². The van der Waals surface area contributed by atoms with Gasteiger partial charge in [0.15, 0.2) is 5.58 Å². The van der Waals surface area contributed by atoms with Crippen molar-refractivity contribution in [1.29, 1.82) is 0 Å². The van der Waals surface area contributed by atoms with Crippen LogP contribution in [0.1, 0.15) is 11.6 Å². The highest BCUT2D eigenvalue weighted by molar-refractivity contribution is 5.74. The van der Waals surface area contributed by atoms with Crippen molar-refractivity contribution in [3.63, 3.8) is 0 Å². The fourth-order valence-electron chi connectivity index (χ4n) is 2.34. The number of nitrogens with one attached hydrogen (secondary N) is 1. The van der Waals surface area contributed by atoms with Gasteiger partial charge in [-0.1, -0.05) is 12.1 Å². The van der Waals surface area contributed by atoms with E-state index in [9.17, 15) is 0 Å². The van der Waals surface area contributed by atoms with Gasteiger partial charge in [0.1, 0.15) is 5.52 Å². The number of aryl methyl sites for hydroxylation is 1. The van der Waals surface area contributed by atoms with Crippen LogP contribution in [0.15, 0.2) is 41.1 Å². The molecule has 1 aromatic carbocycles. The van der Waals surface area contributed by atoms with Gasteiger partial charge in [-0.15, -0.1) is 0 Å². The van der Waals surface area contributed by atoms with Gasteiger partial charge in [-0.2, -0.15) is 10.1 Å². The quantitative estimate of drug-likeness (QED) is 0.779. The molecule has 3 rings (SSSR count). The molecule has 1 atom stereocenters. The molecule has 6 nitrogen and oxygen atoms in total. The molecule has 6 heteroatoms. The number of hydrogen-bond donors (Lipinski definition) is 1. The summed E-state index contributed by atoms with van der Waals surface area (Å²) in [4.78, 5) is 6.57. The Morgan fingerprint density at radius 1 is 1.33 bits per heavy atom. The minimum atomic E-state index is 0.203. The van der Waals surface area contributed by atoms with Crippen molar-refractivity contribution < 1.29 is 4.42 Å². The number of benzene rings is 1. The highest BCUT2D eigenvalue weighted by atomic mass is 16.4. The van der Waals surface area contributed by atoms with E-state index in [1.807, 2.05) is 62.5 Å². The summed E-state index contributed by atoms with van der Waals surface area (Å²) >= 11 is 0. The van der Waals surface area contributed by atoms with Crippen LogP contribution in [0.25, 0.3) is 11.1 Å². The SMILES string of the molecule is CN(C)C(CNc1nc2ccccc2o1)c1cnn(C)c1. The van der Waals surface area contributed by atoms with Crippen molar-refractivity contribution in [1.82, 2.24) is 19.7 Å². The topological polar surface area (TPSA) is 59.1 Å². The van der Waals surface area contributed by atoms with Gasteiger partial charge in [-0.3, -0.25) is 4.68 Å². The number of fused-ring (bicyclic) bond motifs is 1. The summed E-state index contributed by atoms with van der Waals surface area (Å²) in [5.41, 5.74) is 2.82. The molecule has 21 heavy (non-hydrogen) atoms. The smallest absolute Gasteiger partial charge is 0.295 e. The van der Waals surface area contributed by atoms with Gasteiger partial charge in [0.05, 0.1) is 12.2 Å². The Morgan fingerprint density at radius 3 is 2.81 bits per heavy atom. The van der Waals surface area contributed by atoms with Crippen LogP contribution in [0.4, 0.5) is 6.01 Å². The molecule has 2 heterocycles. The minimum absolute atomic E-state index is 0.203. The lowest BCUT2D eigenvalue weighted by Crippen LogP contribution is -2.26. The number of para-hydroxylation sites is 2. The first kappa shape index (κ1) is 13.6. The molecule has 0 aliphatic heterocycles. The molecule has 0 saturated heterocycles. The van der Waals surface area contributed by atoms with Gasteiger partial charge in [-0.05, 0) is 26.2 Å². The zero-order valence-electron chi connectivity index (χ0n) is 12.4. The van der Waals surface area contributed by atoms with Crippen LogP contribution in [0.5, 0.6) is 0 Å². The summed E-state index contributed by atoms with van der Waals surface area (Å²) < 4.78 is 7.49. The van der Waals surface area contributed by atoms with Crippen molar-refractivity contribution in [2.45, 2.75) is 6.04 Å². The van der Waals surface area contributed by atoms with E-state index in [1.54, 1.807) is 0 Å². The molecule has 1 unspecified atom stereocenters. The highest BCUT2D eigenvalue weighted by Crippen LogP contribution is 2.21. The van der Waals surface area contributed by atoms with Gasteiger partial charge in [-0.25, -0.2) is 0 Å². The number of nitrogens with zero attached hydrogens (tertiary/aromatic N) is 4. The van der Waals surface area contributed by atoms with Gasteiger partial charge in [0.25, 0.3) is 6.01 Å². The Bertz CT molecular complexity index is 697. The van der Waals surface area contributed by atoms with Crippen LogP contribution in [0.2, 0.25) is 0 Å². The first-order valence-electron chi connectivity index (χ1n) is 6.88. The first-order valence-corrected chi connectivity index (χ1v) is 6.88. The normalized spacial score (nSPS) is 13.0. The first-order chi connectivity index (χ1) is 10.1. The van der Waals surface area contributed by atoms with E-state index in [-0.39, 0.29) is 6.04 Å². The van der Waals surface area contributed by atoms with Crippen LogP contribution >= 0.6 is 0 Å². The Morgan fingerprint density at radius 2 is 2.14 bits per heavy atom. The number of hydrogen-bond acceptors (Lipinski definition) is 5. The Labute approximate surface area is 123 Å². The fourth-order valence-corrected chi connectivity index (χ4v) is 2.34. The lowest BCUT2D eigenvalue weighted by atomic mass is 10.1. The van der Waals surface area contributed by atoms with Crippen LogP contribution < -0.4 is 5.32 Å². The molecule has 0 saturated carbocycles. The zero-order valence-corrected chi connectivity index (χ0v) is 12.4. The average molecular weight is 285 g/mol. The van der Waals surface area contributed by atoms with Crippen LogP contribution in [-0.2, 0) is 7.05 Å². The van der Waals surface area contributed by atoms with E-state index < -0.39 is 0 Å². The fraction of sp³-hybridized carbons (Fsp3) is 0.333. The zero-order chi connectivity index (χ0) is 14.8. The standard InChI is InChI=1S/C15H19N5O/c1-19(2)13(11-8-17-20(3)10-11)9-16-15-18-12-6-4-5-7-14(12)21-15/h4-8,10,13H,9H2,1-3H3,(H,16,18). The molecule has 0 amide bonds. The predicted molar refractivity (Wildman–Crippen MR) is 82.1 cm³/mol. The molecule has 2 aromatic heterocycles. The van der Waals surface area contributed by atoms with Crippen LogP contribution in [0.3, 0.4) is 0 Å². The number of likely N-dealkylation sites (N-methyl/N-ethyl adjacent to an activating group) is 1. The van der Waals surface area contributed by atoms with E-state index in [1.165, 1.54) is 0 Å². The van der Waals surface area contributed by atoms with Crippen molar-refractivity contribution in [2.75, 3.05) is 26.0 Å². The maximum absolute atomic E-state index is 5.68. The molecule has 3 aromatic rings. The van der Waals surface area contributed by atoms with Gasteiger partial charge >= 0.3 is 0 Å². The lowest BCUT2D eigenvalue weighted by molar-refractivity contribution is 0.310. The molecular formula is C15H19N5O. The van der Waals surface area contributed by atoms with E-state index in [4.69, 9.17) is 4.42 Å². The summed E-state index contributed by atoms with van der Waals surface area (Å²) in [6.45, 7) is 0.700. The van der Waals surface area contributed by atoms with Crippen LogP contribution in [-0.4, -0.2) is 40.3 Å². The summed E-state index contributed by atoms with van der Waals surface area (Å²) in [5, 5.41) is 7.50. The largest absolute Gasteiger partial charge is 0.424 e. The number of rotatable bonds is 5. The third-order valence-corrected chi connectivity index (χ3v) is 3.47. The highest BCUT2D eigenvalue weighted by Gasteiger charge is 2.16. The maximum atomic E-state index is 5.68. The van der Waals surface area contributed by atoms with Gasteiger partial charge in [0, 0.05) is 25.4 Å². The molecule has 0 aliphatic carbocycles. The van der Waals surface area contributed by atoms with E-state index in [2.05, 4.69) is 20.3 Å². The van der Waals surface area contributed by atoms with Crippen molar-refractivity contribution >= 4 is 17.1 Å². The van der Waals surface area contributed by atoms with Crippen molar-refractivity contribution in [3.8, 4) is 0 Å². The molecule has 110 valence electrons. The molecular weight excluding hydrogens is 266 g/mol. The summed E-state index contributed by atoms with van der Waals surface area (Å²) in [7, 11) is 6.02. The maximum Gasteiger partial charge on any atom is 0.295 e. The van der Waals surface area contributed by atoms with E-state index >= 15 is 0 Å². The second-order valence-corrected chi connectivity index (χ2v) is 5.29. The third kappa shape index (κ3) is 2.90. The van der Waals surface area contributed by atoms with Crippen molar-refractivity contribution in [3.05, 3.63) is 42.2 Å². The second-order valence-electron chi connectivity index (χ2n) is 5.29. The summed E-state index contributed by atoms with van der Waals surface area (Å²) in [6, 6.07) is 8.50. The van der Waals surface area contributed by atoms with Gasteiger partial charge in [0.2, 0.25) is 0 Å². The third-order valence-electron chi connectivity index (χ3n) is 3.47. The Balaban J connectivity index is 1.74. The second kappa shape index (κ2) is 5.57. The molecule has 0 spiro atoms. The minimum Gasteiger partial charge on any atom is -0.424 e. The molecule has 0 bridgehead atoms. The lowest BCUT2D eigenvalue weighted by Gasteiger charge is -2.23. The number of oxazole rings is 1. The van der Waals surface area contributed by atoms with Crippen LogP contribution in [0, 0.1) is 0 Å². The molecule has 0 fully saturated rings. The van der Waals surface area contributed by atoms with Gasteiger partial charge < -0.3 is 14.6 Å². The predicted octanol–water partition coefficient (Wildman–Crippen LogP) is 2.28. The summed E-state index contributed by atoms with van der Waals surface area (Å²) in [5.74, 6) is 0. The molecule has 0 aliphatic rings. The monoisotopic (exact) mass is 285 g/mol. The summed E-state index contributed by atoms with van der Waals surface area (Å²) in [6.07, 6.45) is 3.91. The molecule has 0 radical (unpaired) electrons. The average Bonchev–Trinajstić information content (AvgIpc) is 3.04.